The second-order valence-electron chi connectivity index (χ2n) is 6.85. The van der Waals surface area contributed by atoms with Gasteiger partial charge in [0.1, 0.15) is 11.7 Å². The summed E-state index contributed by atoms with van der Waals surface area (Å²) in [5.74, 6) is -4.39. The highest BCUT2D eigenvalue weighted by atomic mass is 79.9. The van der Waals surface area contributed by atoms with Crippen LogP contribution >= 0.6 is 15.9 Å². The predicted octanol–water partition coefficient (Wildman–Crippen LogP) is 3.81. The molecule has 0 N–H and O–H groups in total. The molecule has 0 spiro atoms. The third kappa shape index (κ3) is 4.12. The van der Waals surface area contributed by atoms with Crippen molar-refractivity contribution < 1.29 is 32.9 Å². The van der Waals surface area contributed by atoms with E-state index in [-0.39, 0.29) is 6.61 Å². The number of benzene rings is 2. The quantitative estimate of drug-likeness (QED) is 0.478. The van der Waals surface area contributed by atoms with Crippen LogP contribution in [-0.2, 0) is 34.3 Å². The molecule has 160 valence electrons. The molecule has 0 radical (unpaired) electrons. The second kappa shape index (κ2) is 9.24. The molecule has 0 aromatic heterocycles. The van der Waals surface area contributed by atoms with Crippen LogP contribution in [-0.4, -0.2) is 43.7 Å². The number of ether oxygens (including phenoxy) is 4. The number of methoxy groups -OCH3 is 2. The summed E-state index contributed by atoms with van der Waals surface area (Å²) in [4.78, 5) is 24.0. The minimum atomic E-state index is -1.51. The van der Waals surface area contributed by atoms with Gasteiger partial charge in [0.25, 0.3) is 0 Å². The Balaban J connectivity index is 2.01. The van der Waals surface area contributed by atoms with Crippen LogP contribution in [0.2, 0.25) is 0 Å². The molecule has 1 saturated heterocycles. The molecule has 1 aliphatic heterocycles. The van der Waals surface area contributed by atoms with Crippen molar-refractivity contribution in [1.82, 2.24) is 0 Å². The van der Waals surface area contributed by atoms with Gasteiger partial charge in [-0.3, -0.25) is 4.79 Å². The summed E-state index contributed by atoms with van der Waals surface area (Å²) >= 11 is 3.45. The third-order valence-electron chi connectivity index (χ3n) is 5.06. The normalized spacial score (nSPS) is 24.7. The number of hydrogen-bond donors (Lipinski definition) is 0. The van der Waals surface area contributed by atoms with Gasteiger partial charge in [0.05, 0.1) is 25.7 Å². The van der Waals surface area contributed by atoms with Crippen LogP contribution in [0.4, 0.5) is 4.39 Å². The Hall–Kier alpha value is -2.29. The summed E-state index contributed by atoms with van der Waals surface area (Å²) in [6.07, 6.45) is -1.27. The van der Waals surface area contributed by atoms with Gasteiger partial charge in [0, 0.05) is 11.1 Å². The molecule has 0 saturated carbocycles. The summed E-state index contributed by atoms with van der Waals surface area (Å²) in [6, 6.07) is 13.7. The standard InChI is InChI=1S/C22H22BrFO6/c1-13(23)22(29-12-17(20(25)27-2)19(30-22)21(26)28-3)15-9-10-16(18(24)11-15)14-7-5-4-6-8-14/h4-11,13,17,19H,12H2,1-3H3/t13-,17+,19+,22?/m0/s1. The Labute approximate surface area is 182 Å². The highest BCUT2D eigenvalue weighted by Crippen LogP contribution is 2.42. The van der Waals surface area contributed by atoms with Crippen molar-refractivity contribution >= 4 is 27.9 Å². The van der Waals surface area contributed by atoms with Gasteiger partial charge in [-0.05, 0) is 18.6 Å². The first-order valence-corrected chi connectivity index (χ1v) is 10.2. The number of carbonyl (C=O) groups excluding carboxylic acids is 2. The zero-order chi connectivity index (χ0) is 21.9. The highest BCUT2D eigenvalue weighted by Gasteiger charge is 2.52. The minimum Gasteiger partial charge on any atom is -0.469 e. The lowest BCUT2D eigenvalue weighted by molar-refractivity contribution is -0.313. The number of rotatable bonds is 5. The summed E-state index contributed by atoms with van der Waals surface area (Å²) < 4.78 is 36.5. The molecule has 2 aromatic carbocycles. The van der Waals surface area contributed by atoms with E-state index in [9.17, 15) is 9.59 Å². The number of hydrogen-bond acceptors (Lipinski definition) is 6. The van der Waals surface area contributed by atoms with Crippen LogP contribution in [0.25, 0.3) is 11.1 Å². The fourth-order valence-corrected chi connectivity index (χ4v) is 3.96. The Morgan fingerprint density at radius 3 is 2.37 bits per heavy atom. The third-order valence-corrected chi connectivity index (χ3v) is 5.66. The van der Waals surface area contributed by atoms with Crippen LogP contribution in [0.15, 0.2) is 48.5 Å². The molecule has 4 atom stereocenters. The van der Waals surface area contributed by atoms with Gasteiger partial charge in [-0.1, -0.05) is 58.4 Å². The average molecular weight is 481 g/mol. The molecule has 0 amide bonds. The number of halogens is 2. The van der Waals surface area contributed by atoms with Crippen LogP contribution in [0, 0.1) is 11.7 Å². The number of alkyl halides is 1. The molecular weight excluding hydrogens is 459 g/mol. The SMILES string of the molecule is COC(=O)[C@@H]1COC(c2ccc(-c3ccccc3)c(F)c2)([C@H](C)Br)O[C@H]1C(=O)OC. The fraction of sp³-hybridized carbons (Fsp3) is 0.364. The molecule has 0 bridgehead atoms. The Morgan fingerprint density at radius 2 is 1.80 bits per heavy atom. The summed E-state index contributed by atoms with van der Waals surface area (Å²) in [5, 5.41) is 0. The van der Waals surface area contributed by atoms with Gasteiger partial charge in [-0.15, -0.1) is 0 Å². The first-order valence-electron chi connectivity index (χ1n) is 9.31. The van der Waals surface area contributed by atoms with Crippen LogP contribution in [0.1, 0.15) is 12.5 Å². The summed E-state index contributed by atoms with van der Waals surface area (Å²) in [5.41, 5.74) is 1.51. The minimum absolute atomic E-state index is 0.162. The highest BCUT2D eigenvalue weighted by molar-refractivity contribution is 9.09. The number of esters is 2. The molecule has 8 heteroatoms. The van der Waals surface area contributed by atoms with Crippen molar-refractivity contribution in [2.75, 3.05) is 20.8 Å². The molecule has 0 aliphatic carbocycles. The second-order valence-corrected chi connectivity index (χ2v) is 8.22. The molecule has 2 aromatic rings. The first-order chi connectivity index (χ1) is 14.3. The topological polar surface area (TPSA) is 71.1 Å². The Kier molecular flexibility index (Phi) is 6.90. The Morgan fingerprint density at radius 1 is 1.13 bits per heavy atom. The van der Waals surface area contributed by atoms with E-state index in [4.69, 9.17) is 18.9 Å². The van der Waals surface area contributed by atoms with Crippen LogP contribution in [0.5, 0.6) is 0 Å². The molecule has 1 aliphatic rings. The van der Waals surface area contributed by atoms with E-state index < -0.39 is 40.4 Å². The fourth-order valence-electron chi connectivity index (χ4n) is 3.45. The maximum absolute atomic E-state index is 15.0. The van der Waals surface area contributed by atoms with Crippen molar-refractivity contribution in [3.8, 4) is 11.1 Å². The van der Waals surface area contributed by atoms with E-state index in [0.29, 0.717) is 11.1 Å². The smallest absolute Gasteiger partial charge is 0.336 e. The van der Waals surface area contributed by atoms with E-state index in [1.54, 1.807) is 19.1 Å². The van der Waals surface area contributed by atoms with Gasteiger partial charge in [0.15, 0.2) is 6.10 Å². The molecule has 3 rings (SSSR count). The maximum atomic E-state index is 15.0. The molecule has 1 unspecified atom stereocenters. The van der Waals surface area contributed by atoms with Crippen molar-refractivity contribution in [3.05, 3.63) is 59.9 Å². The van der Waals surface area contributed by atoms with E-state index in [0.717, 1.165) is 5.56 Å². The zero-order valence-electron chi connectivity index (χ0n) is 16.8. The van der Waals surface area contributed by atoms with Gasteiger partial charge in [0.2, 0.25) is 5.79 Å². The van der Waals surface area contributed by atoms with E-state index in [2.05, 4.69) is 15.9 Å². The largest absolute Gasteiger partial charge is 0.469 e. The van der Waals surface area contributed by atoms with Crippen molar-refractivity contribution in [2.45, 2.75) is 23.6 Å². The zero-order valence-corrected chi connectivity index (χ0v) is 18.3. The van der Waals surface area contributed by atoms with Crippen molar-refractivity contribution in [2.24, 2.45) is 5.92 Å². The Bertz CT molecular complexity index is 919. The molecule has 1 heterocycles. The molecule has 1 fully saturated rings. The van der Waals surface area contributed by atoms with Gasteiger partial charge >= 0.3 is 11.9 Å². The van der Waals surface area contributed by atoms with Crippen LogP contribution in [0.3, 0.4) is 0 Å². The average Bonchev–Trinajstić information content (AvgIpc) is 2.77. The maximum Gasteiger partial charge on any atom is 0.336 e. The first kappa shape index (κ1) is 22.4. The summed E-state index contributed by atoms with van der Waals surface area (Å²) in [6.45, 7) is 1.58. The van der Waals surface area contributed by atoms with Gasteiger partial charge < -0.3 is 18.9 Å². The van der Waals surface area contributed by atoms with E-state index in [1.807, 2.05) is 30.3 Å². The van der Waals surface area contributed by atoms with Gasteiger partial charge in [-0.25, -0.2) is 9.18 Å². The lowest BCUT2D eigenvalue weighted by Crippen LogP contribution is -2.56. The lowest BCUT2D eigenvalue weighted by atomic mass is 9.94. The lowest BCUT2D eigenvalue weighted by Gasteiger charge is -2.44. The van der Waals surface area contributed by atoms with E-state index in [1.165, 1.54) is 20.3 Å². The molecule has 6 nitrogen and oxygen atoms in total. The summed E-state index contributed by atoms with van der Waals surface area (Å²) in [7, 11) is 2.41. The van der Waals surface area contributed by atoms with Crippen molar-refractivity contribution in [3.63, 3.8) is 0 Å². The molecule has 30 heavy (non-hydrogen) atoms. The monoisotopic (exact) mass is 480 g/mol. The number of carbonyl (C=O) groups is 2. The van der Waals surface area contributed by atoms with Crippen LogP contribution < -0.4 is 0 Å². The van der Waals surface area contributed by atoms with Gasteiger partial charge in [-0.2, -0.15) is 0 Å². The predicted molar refractivity (Wildman–Crippen MR) is 110 cm³/mol. The van der Waals surface area contributed by atoms with Crippen molar-refractivity contribution in [1.29, 1.82) is 0 Å². The molecular formula is C22H22BrFO6. The van der Waals surface area contributed by atoms with E-state index >= 15 is 4.39 Å².